The van der Waals surface area contributed by atoms with Gasteiger partial charge in [0.1, 0.15) is 5.75 Å². The molecular formula is C23H25NO3. The molecular weight excluding hydrogens is 338 g/mol. The molecule has 0 amide bonds. The van der Waals surface area contributed by atoms with E-state index in [1.54, 1.807) is 21.3 Å². The normalized spacial score (nSPS) is 19.1. The van der Waals surface area contributed by atoms with Crippen LogP contribution in [0.2, 0.25) is 0 Å². The van der Waals surface area contributed by atoms with Crippen molar-refractivity contribution in [2.24, 2.45) is 0 Å². The fraction of sp³-hybridized carbons (Fsp3) is 0.391. The van der Waals surface area contributed by atoms with Gasteiger partial charge in [0.25, 0.3) is 0 Å². The third kappa shape index (κ3) is 2.39. The topological polar surface area (TPSA) is 30.9 Å². The van der Waals surface area contributed by atoms with Gasteiger partial charge in [-0.05, 0) is 71.3 Å². The van der Waals surface area contributed by atoms with E-state index >= 15 is 0 Å². The lowest BCUT2D eigenvalue weighted by Crippen LogP contribution is -2.35. The second-order valence-corrected chi connectivity index (χ2v) is 7.56. The van der Waals surface area contributed by atoms with Crippen molar-refractivity contribution in [1.29, 1.82) is 0 Å². The number of fused-ring (bicyclic) bond motifs is 7. The Morgan fingerprint density at radius 2 is 1.59 bits per heavy atom. The molecule has 27 heavy (non-hydrogen) atoms. The summed E-state index contributed by atoms with van der Waals surface area (Å²) in [5.74, 6) is 2.46. The molecule has 0 aliphatic carbocycles. The summed E-state index contributed by atoms with van der Waals surface area (Å²) in [6, 6.07) is 11.3. The number of rotatable bonds is 3. The minimum atomic E-state index is 0.664. The van der Waals surface area contributed by atoms with Crippen molar-refractivity contribution in [1.82, 2.24) is 4.90 Å². The lowest BCUT2D eigenvalue weighted by atomic mass is 9.85. The lowest BCUT2D eigenvalue weighted by Gasteiger charge is -2.33. The minimum absolute atomic E-state index is 0.664. The third-order valence-corrected chi connectivity index (χ3v) is 6.35. The van der Waals surface area contributed by atoms with Crippen LogP contribution in [0.4, 0.5) is 0 Å². The Hall–Kier alpha value is -2.46. The summed E-state index contributed by atoms with van der Waals surface area (Å²) in [4.78, 5) is 2.65. The highest BCUT2D eigenvalue weighted by Crippen LogP contribution is 2.45. The number of hydrogen-bond acceptors (Lipinski definition) is 4. The van der Waals surface area contributed by atoms with E-state index in [4.69, 9.17) is 14.2 Å². The molecule has 2 aliphatic rings. The van der Waals surface area contributed by atoms with E-state index in [1.807, 2.05) is 6.07 Å². The summed E-state index contributed by atoms with van der Waals surface area (Å²) in [5, 5.41) is 4.93. The van der Waals surface area contributed by atoms with Crippen LogP contribution in [-0.4, -0.2) is 38.8 Å². The summed E-state index contributed by atoms with van der Waals surface area (Å²) in [7, 11) is 5.14. The molecule has 0 N–H and O–H groups in total. The van der Waals surface area contributed by atoms with Crippen molar-refractivity contribution in [2.45, 2.75) is 31.8 Å². The fourth-order valence-corrected chi connectivity index (χ4v) is 5.08. The molecule has 1 unspecified atom stereocenters. The van der Waals surface area contributed by atoms with Crippen LogP contribution in [0, 0.1) is 0 Å². The van der Waals surface area contributed by atoms with Gasteiger partial charge in [-0.2, -0.15) is 0 Å². The molecule has 3 aromatic carbocycles. The maximum absolute atomic E-state index is 5.76. The van der Waals surface area contributed by atoms with E-state index < -0.39 is 0 Å². The van der Waals surface area contributed by atoms with Gasteiger partial charge in [-0.25, -0.2) is 0 Å². The predicted octanol–water partition coefficient (Wildman–Crippen LogP) is 4.54. The Morgan fingerprint density at radius 3 is 2.33 bits per heavy atom. The zero-order valence-corrected chi connectivity index (χ0v) is 16.2. The van der Waals surface area contributed by atoms with Crippen molar-refractivity contribution in [3.05, 3.63) is 41.5 Å². The number of ether oxygens (including phenoxy) is 3. The van der Waals surface area contributed by atoms with E-state index in [1.165, 1.54) is 52.1 Å². The van der Waals surface area contributed by atoms with Crippen LogP contribution in [0.1, 0.15) is 24.0 Å². The monoisotopic (exact) mass is 363 g/mol. The van der Waals surface area contributed by atoms with Crippen molar-refractivity contribution in [2.75, 3.05) is 27.9 Å². The van der Waals surface area contributed by atoms with Gasteiger partial charge in [0.2, 0.25) is 0 Å². The molecule has 1 saturated heterocycles. The molecule has 140 valence electrons. The van der Waals surface area contributed by atoms with Crippen molar-refractivity contribution in [3.63, 3.8) is 0 Å². The summed E-state index contributed by atoms with van der Waals surface area (Å²) in [6.45, 7) is 2.23. The van der Waals surface area contributed by atoms with E-state index in [2.05, 4.69) is 29.2 Å². The molecule has 4 nitrogen and oxygen atoms in total. The van der Waals surface area contributed by atoms with Crippen LogP contribution >= 0.6 is 0 Å². The van der Waals surface area contributed by atoms with Gasteiger partial charge < -0.3 is 14.2 Å². The highest BCUT2D eigenvalue weighted by Gasteiger charge is 2.32. The molecule has 3 aromatic rings. The summed E-state index contributed by atoms with van der Waals surface area (Å²) >= 11 is 0. The van der Waals surface area contributed by atoms with E-state index in [0.29, 0.717) is 6.04 Å². The maximum Gasteiger partial charge on any atom is 0.161 e. The molecule has 2 aliphatic heterocycles. The highest BCUT2D eigenvalue weighted by molar-refractivity contribution is 6.14. The van der Waals surface area contributed by atoms with Crippen LogP contribution < -0.4 is 14.2 Å². The molecule has 1 atom stereocenters. The first-order valence-electron chi connectivity index (χ1n) is 9.65. The van der Waals surface area contributed by atoms with Gasteiger partial charge in [-0.15, -0.1) is 0 Å². The summed E-state index contributed by atoms with van der Waals surface area (Å²) in [6.07, 6.45) is 3.70. The lowest BCUT2D eigenvalue weighted by molar-refractivity contribution is 0.229. The van der Waals surface area contributed by atoms with Crippen molar-refractivity contribution < 1.29 is 14.2 Å². The van der Waals surface area contributed by atoms with E-state index in [-0.39, 0.29) is 0 Å². The molecule has 0 radical (unpaired) electrons. The van der Waals surface area contributed by atoms with Gasteiger partial charge in [0.15, 0.2) is 11.5 Å². The average Bonchev–Trinajstić information content (AvgIpc) is 3.18. The van der Waals surface area contributed by atoms with Crippen LogP contribution in [-0.2, 0) is 13.0 Å². The van der Waals surface area contributed by atoms with Crippen molar-refractivity contribution >= 4 is 21.5 Å². The number of nitrogens with zero attached hydrogens (tertiary/aromatic N) is 1. The minimum Gasteiger partial charge on any atom is -0.496 e. The molecule has 0 aromatic heterocycles. The second-order valence-electron chi connectivity index (χ2n) is 7.56. The van der Waals surface area contributed by atoms with Crippen LogP contribution in [0.5, 0.6) is 17.2 Å². The number of benzene rings is 3. The molecule has 1 fully saturated rings. The van der Waals surface area contributed by atoms with E-state index in [0.717, 1.165) is 30.2 Å². The second kappa shape index (κ2) is 6.31. The first-order chi connectivity index (χ1) is 13.2. The van der Waals surface area contributed by atoms with E-state index in [9.17, 15) is 0 Å². The zero-order valence-electron chi connectivity index (χ0n) is 16.2. The first kappa shape index (κ1) is 16.7. The Bertz CT molecular complexity index is 1040. The fourth-order valence-electron chi connectivity index (χ4n) is 5.08. The van der Waals surface area contributed by atoms with Crippen LogP contribution in [0.3, 0.4) is 0 Å². The van der Waals surface area contributed by atoms with Gasteiger partial charge in [-0.3, -0.25) is 4.90 Å². The Kier molecular flexibility index (Phi) is 3.90. The largest absolute Gasteiger partial charge is 0.496 e. The molecule has 5 rings (SSSR count). The van der Waals surface area contributed by atoms with Crippen LogP contribution in [0.25, 0.3) is 21.5 Å². The van der Waals surface area contributed by atoms with Gasteiger partial charge >= 0.3 is 0 Å². The smallest absolute Gasteiger partial charge is 0.161 e. The third-order valence-electron chi connectivity index (χ3n) is 6.35. The molecule has 4 heteroatoms. The quantitative estimate of drug-likeness (QED) is 0.639. The molecule has 0 saturated carbocycles. The standard InChI is InChI=1S/C23H25NO3/c1-25-20-8-4-7-15-19-13-24-9-5-6-14(24)10-16(19)17-11-21(26-2)22(27-3)12-18(17)23(15)20/h4,7-8,11-12,14H,5-6,9-10,13H2,1-3H3. The maximum atomic E-state index is 5.76. The Balaban J connectivity index is 1.92. The summed E-state index contributed by atoms with van der Waals surface area (Å²) in [5.41, 5.74) is 2.91. The van der Waals surface area contributed by atoms with Gasteiger partial charge in [0.05, 0.1) is 21.3 Å². The first-order valence-corrected chi connectivity index (χ1v) is 9.65. The van der Waals surface area contributed by atoms with Crippen LogP contribution in [0.15, 0.2) is 30.3 Å². The number of methoxy groups -OCH3 is 3. The average molecular weight is 363 g/mol. The number of hydrogen-bond donors (Lipinski definition) is 0. The van der Waals surface area contributed by atoms with Gasteiger partial charge in [0, 0.05) is 18.0 Å². The van der Waals surface area contributed by atoms with Gasteiger partial charge in [-0.1, -0.05) is 12.1 Å². The zero-order chi connectivity index (χ0) is 18.5. The predicted molar refractivity (Wildman–Crippen MR) is 108 cm³/mol. The SMILES string of the molecule is COc1cc2c3c(c4cccc(OC)c4c2cc1OC)CN1CCCC1C3. The Labute approximate surface area is 159 Å². The molecule has 2 heterocycles. The Morgan fingerprint density at radius 1 is 0.852 bits per heavy atom. The molecule has 0 spiro atoms. The van der Waals surface area contributed by atoms with Crippen molar-refractivity contribution in [3.8, 4) is 17.2 Å². The molecule has 0 bridgehead atoms. The summed E-state index contributed by atoms with van der Waals surface area (Å²) < 4.78 is 17.0. The highest BCUT2D eigenvalue weighted by atomic mass is 16.5.